The van der Waals surface area contributed by atoms with Gasteiger partial charge in [0, 0.05) is 11.1 Å². The quantitative estimate of drug-likeness (QED) is 0.670. The van der Waals surface area contributed by atoms with Crippen LogP contribution in [0, 0.1) is 6.92 Å². The number of methoxy groups -OCH3 is 1. The van der Waals surface area contributed by atoms with E-state index in [1.54, 1.807) is 35.9 Å². The summed E-state index contributed by atoms with van der Waals surface area (Å²) in [5.41, 5.74) is 7.56. The number of Topliss-reactive ketones (excluding diaryl/α,β-unsaturated/α-hetero) is 1. The normalized spacial score (nSPS) is 10.2. The summed E-state index contributed by atoms with van der Waals surface area (Å²) in [5.74, 6) is 1.37. The third-order valence-electron chi connectivity index (χ3n) is 3.05. The van der Waals surface area contributed by atoms with Crippen molar-refractivity contribution in [2.75, 3.05) is 12.8 Å². The zero-order valence-electron chi connectivity index (χ0n) is 11.1. The standard InChI is InChI=1S/C15H16N2O2/c1-11-4-3-9-17(15(11)16)10-14(18)12-5-7-13(19-2)8-6-12/h3-9,16H,10H2,1-2H3/p+1. The van der Waals surface area contributed by atoms with E-state index in [2.05, 4.69) is 0 Å². The van der Waals surface area contributed by atoms with Crippen LogP contribution in [0.3, 0.4) is 0 Å². The Hall–Kier alpha value is -2.36. The maximum absolute atomic E-state index is 12.2. The molecule has 0 aliphatic rings. The molecule has 0 saturated carbocycles. The first kappa shape index (κ1) is 13.1. The lowest BCUT2D eigenvalue weighted by atomic mass is 10.1. The third kappa shape index (κ3) is 2.91. The summed E-state index contributed by atoms with van der Waals surface area (Å²) in [6.07, 6.45) is 1.81. The first-order valence-electron chi connectivity index (χ1n) is 6.03. The molecule has 1 aromatic carbocycles. The van der Waals surface area contributed by atoms with Gasteiger partial charge in [0.2, 0.25) is 5.78 Å². The number of carbonyl (C=O) groups is 1. The molecule has 19 heavy (non-hydrogen) atoms. The molecule has 0 spiro atoms. The lowest BCUT2D eigenvalue weighted by Crippen LogP contribution is -2.41. The second-order valence-electron chi connectivity index (χ2n) is 4.36. The van der Waals surface area contributed by atoms with Crippen molar-refractivity contribution in [3.05, 3.63) is 53.7 Å². The SMILES string of the molecule is COc1ccc(C(=O)C[n+]2cccc(C)c2N)cc1. The summed E-state index contributed by atoms with van der Waals surface area (Å²) in [6.45, 7) is 2.16. The minimum Gasteiger partial charge on any atom is -0.497 e. The van der Waals surface area contributed by atoms with E-state index in [0.717, 1.165) is 11.3 Å². The minimum absolute atomic E-state index is 0.0185. The Balaban J connectivity index is 2.18. The number of nitrogen functional groups attached to an aromatic ring is 1. The van der Waals surface area contributed by atoms with E-state index in [9.17, 15) is 4.79 Å². The van der Waals surface area contributed by atoms with Crippen molar-refractivity contribution in [2.24, 2.45) is 0 Å². The Morgan fingerprint density at radius 1 is 1.26 bits per heavy atom. The lowest BCUT2D eigenvalue weighted by molar-refractivity contribution is -0.669. The predicted octanol–water partition coefficient (Wildman–Crippen LogP) is 1.76. The summed E-state index contributed by atoms with van der Waals surface area (Å²) in [6, 6.07) is 10.9. The van der Waals surface area contributed by atoms with Gasteiger partial charge in [-0.15, -0.1) is 0 Å². The molecule has 0 radical (unpaired) electrons. The topological polar surface area (TPSA) is 56.2 Å². The lowest BCUT2D eigenvalue weighted by Gasteiger charge is -2.05. The Labute approximate surface area is 112 Å². The van der Waals surface area contributed by atoms with Crippen LogP contribution in [0.15, 0.2) is 42.6 Å². The maximum Gasteiger partial charge on any atom is 0.275 e. The summed E-state index contributed by atoms with van der Waals surface area (Å²) in [7, 11) is 1.60. The van der Waals surface area contributed by atoms with Crippen LogP contribution >= 0.6 is 0 Å². The van der Waals surface area contributed by atoms with Crippen LogP contribution in [0.2, 0.25) is 0 Å². The molecule has 0 aliphatic heterocycles. The molecule has 0 aliphatic carbocycles. The molecule has 0 bridgehead atoms. The van der Waals surface area contributed by atoms with E-state index < -0.39 is 0 Å². The van der Waals surface area contributed by atoms with Gasteiger partial charge in [0.25, 0.3) is 5.82 Å². The zero-order chi connectivity index (χ0) is 13.8. The number of rotatable bonds is 4. The number of hydrogen-bond acceptors (Lipinski definition) is 3. The Bertz CT molecular complexity index is 592. The Kier molecular flexibility index (Phi) is 3.80. The monoisotopic (exact) mass is 257 g/mol. The van der Waals surface area contributed by atoms with Gasteiger partial charge in [-0.2, -0.15) is 0 Å². The van der Waals surface area contributed by atoms with E-state index >= 15 is 0 Å². The molecule has 0 amide bonds. The second kappa shape index (κ2) is 5.52. The van der Waals surface area contributed by atoms with Gasteiger partial charge in [-0.3, -0.25) is 10.5 Å². The Morgan fingerprint density at radius 3 is 2.58 bits per heavy atom. The maximum atomic E-state index is 12.2. The molecular formula is C15H17N2O2+. The number of aromatic nitrogens is 1. The predicted molar refractivity (Wildman–Crippen MR) is 73.1 cm³/mol. The highest BCUT2D eigenvalue weighted by atomic mass is 16.5. The molecule has 4 heteroatoms. The molecule has 0 fully saturated rings. The molecule has 1 aromatic heterocycles. The van der Waals surface area contributed by atoms with Crippen LogP contribution in [0.1, 0.15) is 15.9 Å². The number of nitrogens with two attached hydrogens (primary N) is 1. The highest BCUT2D eigenvalue weighted by Gasteiger charge is 2.13. The number of pyridine rings is 1. The Morgan fingerprint density at radius 2 is 1.95 bits per heavy atom. The van der Waals surface area contributed by atoms with Crippen LogP contribution < -0.4 is 15.0 Å². The molecule has 0 saturated heterocycles. The molecule has 0 atom stereocenters. The van der Waals surface area contributed by atoms with E-state index in [-0.39, 0.29) is 12.3 Å². The van der Waals surface area contributed by atoms with Crippen LogP contribution in [-0.2, 0) is 6.54 Å². The number of anilines is 1. The molecule has 1 heterocycles. The fraction of sp³-hybridized carbons (Fsp3) is 0.200. The number of nitrogens with zero attached hydrogens (tertiary/aromatic N) is 1. The zero-order valence-corrected chi connectivity index (χ0v) is 11.1. The number of aryl methyl sites for hydroxylation is 1. The smallest absolute Gasteiger partial charge is 0.275 e. The van der Waals surface area contributed by atoms with E-state index in [1.165, 1.54) is 0 Å². The van der Waals surface area contributed by atoms with Crippen molar-refractivity contribution < 1.29 is 14.1 Å². The van der Waals surface area contributed by atoms with Gasteiger partial charge in [0.15, 0.2) is 6.54 Å². The highest BCUT2D eigenvalue weighted by Crippen LogP contribution is 2.12. The second-order valence-corrected chi connectivity index (χ2v) is 4.36. The molecule has 98 valence electrons. The van der Waals surface area contributed by atoms with Crippen molar-refractivity contribution >= 4 is 11.6 Å². The van der Waals surface area contributed by atoms with Gasteiger partial charge in [0.1, 0.15) is 5.75 Å². The van der Waals surface area contributed by atoms with Gasteiger partial charge in [-0.05, 0) is 43.3 Å². The fourth-order valence-corrected chi connectivity index (χ4v) is 1.84. The van der Waals surface area contributed by atoms with Gasteiger partial charge in [-0.1, -0.05) is 0 Å². The summed E-state index contributed by atoms with van der Waals surface area (Å²) in [4.78, 5) is 12.2. The first-order valence-corrected chi connectivity index (χ1v) is 6.03. The van der Waals surface area contributed by atoms with Crippen LogP contribution in [0.5, 0.6) is 5.75 Å². The average molecular weight is 257 g/mol. The first-order chi connectivity index (χ1) is 9.11. The van der Waals surface area contributed by atoms with Crippen molar-refractivity contribution in [2.45, 2.75) is 13.5 Å². The van der Waals surface area contributed by atoms with Crippen molar-refractivity contribution in [3.8, 4) is 5.75 Å². The van der Waals surface area contributed by atoms with Crippen LogP contribution in [-0.4, -0.2) is 12.9 Å². The number of hydrogen-bond donors (Lipinski definition) is 1. The van der Waals surface area contributed by atoms with E-state index in [4.69, 9.17) is 10.5 Å². The number of carbonyl (C=O) groups excluding carboxylic acids is 1. The van der Waals surface area contributed by atoms with E-state index in [0.29, 0.717) is 11.4 Å². The molecule has 2 N–H and O–H groups in total. The largest absolute Gasteiger partial charge is 0.497 e. The van der Waals surface area contributed by atoms with Gasteiger partial charge in [0.05, 0.1) is 13.3 Å². The summed E-state index contributed by atoms with van der Waals surface area (Å²) >= 11 is 0. The van der Waals surface area contributed by atoms with Gasteiger partial charge in [-0.25, -0.2) is 4.57 Å². The molecular weight excluding hydrogens is 240 g/mol. The number of ether oxygens (including phenoxy) is 1. The van der Waals surface area contributed by atoms with Gasteiger partial charge >= 0.3 is 0 Å². The third-order valence-corrected chi connectivity index (χ3v) is 3.05. The van der Waals surface area contributed by atoms with Crippen molar-refractivity contribution in [1.29, 1.82) is 0 Å². The number of benzene rings is 1. The van der Waals surface area contributed by atoms with Gasteiger partial charge < -0.3 is 4.74 Å². The minimum atomic E-state index is 0.0185. The van der Waals surface area contributed by atoms with Crippen molar-refractivity contribution in [3.63, 3.8) is 0 Å². The summed E-state index contributed by atoms with van der Waals surface area (Å²) < 4.78 is 6.82. The molecule has 2 rings (SSSR count). The van der Waals surface area contributed by atoms with Crippen LogP contribution in [0.4, 0.5) is 5.82 Å². The molecule has 0 unspecified atom stereocenters. The fourth-order valence-electron chi connectivity index (χ4n) is 1.84. The summed E-state index contributed by atoms with van der Waals surface area (Å²) in [5, 5.41) is 0. The van der Waals surface area contributed by atoms with Crippen molar-refractivity contribution in [1.82, 2.24) is 0 Å². The van der Waals surface area contributed by atoms with Crippen LogP contribution in [0.25, 0.3) is 0 Å². The molecule has 4 nitrogen and oxygen atoms in total. The van der Waals surface area contributed by atoms with E-state index in [1.807, 2.05) is 25.3 Å². The number of ketones is 1. The average Bonchev–Trinajstić information content (AvgIpc) is 2.44. The highest BCUT2D eigenvalue weighted by molar-refractivity contribution is 5.95. The molecule has 2 aromatic rings.